The van der Waals surface area contributed by atoms with E-state index in [1.807, 2.05) is 30.3 Å². The van der Waals surface area contributed by atoms with Gasteiger partial charge in [0, 0.05) is 24.4 Å². The summed E-state index contributed by atoms with van der Waals surface area (Å²) in [5, 5.41) is 2.79. The van der Waals surface area contributed by atoms with E-state index in [1.54, 1.807) is 12.1 Å². The largest absolute Gasteiger partial charge is 0.473 e. The van der Waals surface area contributed by atoms with Crippen molar-refractivity contribution in [2.24, 2.45) is 5.92 Å². The van der Waals surface area contributed by atoms with Gasteiger partial charge in [-0.2, -0.15) is 0 Å². The van der Waals surface area contributed by atoms with Gasteiger partial charge in [0.15, 0.2) is 9.84 Å². The maximum absolute atomic E-state index is 12.2. The minimum absolute atomic E-state index is 0.00964. The third kappa shape index (κ3) is 5.03. The SMILES string of the molecule is O=C(NCC1CCS(=O)(=O)C1)c1ccnc(OCc2ccccc2)c1. The first-order valence-electron chi connectivity index (χ1n) is 8.13. The van der Waals surface area contributed by atoms with E-state index >= 15 is 0 Å². The van der Waals surface area contributed by atoms with E-state index < -0.39 is 9.84 Å². The number of nitrogens with one attached hydrogen (secondary N) is 1. The number of hydrogen-bond donors (Lipinski definition) is 1. The molecule has 1 amide bonds. The Morgan fingerprint density at radius 2 is 2.04 bits per heavy atom. The van der Waals surface area contributed by atoms with Gasteiger partial charge in [-0.25, -0.2) is 13.4 Å². The summed E-state index contributed by atoms with van der Waals surface area (Å²) in [6, 6.07) is 12.9. The van der Waals surface area contributed by atoms with E-state index in [9.17, 15) is 13.2 Å². The molecule has 3 rings (SSSR count). The predicted molar refractivity (Wildman–Crippen MR) is 94.1 cm³/mol. The van der Waals surface area contributed by atoms with Gasteiger partial charge < -0.3 is 10.1 Å². The van der Waals surface area contributed by atoms with Gasteiger partial charge >= 0.3 is 0 Å². The summed E-state index contributed by atoms with van der Waals surface area (Å²) >= 11 is 0. The zero-order valence-electron chi connectivity index (χ0n) is 13.7. The number of nitrogens with zero attached hydrogens (tertiary/aromatic N) is 1. The number of amides is 1. The van der Waals surface area contributed by atoms with E-state index in [2.05, 4.69) is 10.3 Å². The number of hydrogen-bond acceptors (Lipinski definition) is 5. The molecule has 2 aromatic rings. The van der Waals surface area contributed by atoms with Gasteiger partial charge in [-0.1, -0.05) is 30.3 Å². The molecule has 1 fully saturated rings. The van der Waals surface area contributed by atoms with Crippen LogP contribution in [0.5, 0.6) is 5.88 Å². The Bertz CT molecular complexity index is 837. The maximum atomic E-state index is 12.2. The van der Waals surface area contributed by atoms with Crippen molar-refractivity contribution < 1.29 is 17.9 Å². The number of carbonyl (C=O) groups excluding carboxylic acids is 1. The van der Waals surface area contributed by atoms with Crippen molar-refractivity contribution >= 4 is 15.7 Å². The first-order chi connectivity index (χ1) is 12.0. The van der Waals surface area contributed by atoms with Gasteiger partial charge in [0.2, 0.25) is 5.88 Å². The molecule has 0 bridgehead atoms. The van der Waals surface area contributed by atoms with E-state index in [0.29, 0.717) is 31.0 Å². The highest BCUT2D eigenvalue weighted by atomic mass is 32.2. The topological polar surface area (TPSA) is 85.4 Å². The van der Waals surface area contributed by atoms with Gasteiger partial charge in [-0.15, -0.1) is 0 Å². The zero-order valence-corrected chi connectivity index (χ0v) is 14.5. The van der Waals surface area contributed by atoms with E-state index in [-0.39, 0.29) is 23.3 Å². The van der Waals surface area contributed by atoms with Crippen molar-refractivity contribution in [2.75, 3.05) is 18.1 Å². The highest BCUT2D eigenvalue weighted by molar-refractivity contribution is 7.91. The van der Waals surface area contributed by atoms with Crippen LogP contribution in [0.3, 0.4) is 0 Å². The number of sulfone groups is 1. The highest BCUT2D eigenvalue weighted by Gasteiger charge is 2.28. The molecule has 0 radical (unpaired) electrons. The number of aromatic nitrogens is 1. The number of pyridine rings is 1. The molecule has 2 heterocycles. The van der Waals surface area contributed by atoms with Crippen LogP contribution in [0.1, 0.15) is 22.3 Å². The molecule has 1 saturated heterocycles. The van der Waals surface area contributed by atoms with E-state index in [0.717, 1.165) is 5.56 Å². The first-order valence-corrected chi connectivity index (χ1v) is 9.95. The summed E-state index contributed by atoms with van der Waals surface area (Å²) < 4.78 is 28.5. The molecule has 0 spiro atoms. The number of carbonyl (C=O) groups is 1. The van der Waals surface area contributed by atoms with Crippen molar-refractivity contribution in [3.05, 3.63) is 59.8 Å². The molecule has 1 atom stereocenters. The second-order valence-electron chi connectivity index (χ2n) is 6.14. The Morgan fingerprint density at radius 1 is 1.24 bits per heavy atom. The van der Waals surface area contributed by atoms with Crippen LogP contribution in [-0.4, -0.2) is 37.4 Å². The third-order valence-corrected chi connectivity index (χ3v) is 5.94. The van der Waals surface area contributed by atoms with Crippen LogP contribution in [0.4, 0.5) is 0 Å². The summed E-state index contributed by atoms with van der Waals surface area (Å²) in [4.78, 5) is 16.4. The fourth-order valence-corrected chi connectivity index (χ4v) is 4.60. The Hall–Kier alpha value is -2.41. The smallest absolute Gasteiger partial charge is 0.251 e. The van der Waals surface area contributed by atoms with Crippen LogP contribution in [0.2, 0.25) is 0 Å². The molecule has 132 valence electrons. The second kappa shape index (κ2) is 7.65. The average molecular weight is 360 g/mol. The van der Waals surface area contributed by atoms with Gasteiger partial charge in [0.05, 0.1) is 11.5 Å². The van der Waals surface area contributed by atoms with E-state index in [4.69, 9.17) is 4.74 Å². The van der Waals surface area contributed by atoms with Crippen LogP contribution in [-0.2, 0) is 16.4 Å². The standard InChI is InChI=1S/C18H20N2O4S/c21-18(20-11-15-7-9-25(22,23)13-15)16-6-8-19-17(10-16)24-12-14-4-2-1-3-5-14/h1-6,8,10,15H,7,9,11-13H2,(H,20,21). The lowest BCUT2D eigenvalue weighted by molar-refractivity contribution is 0.0947. The maximum Gasteiger partial charge on any atom is 0.251 e. The number of ether oxygens (including phenoxy) is 1. The summed E-state index contributed by atoms with van der Waals surface area (Å²) in [5.74, 6) is 0.468. The lowest BCUT2D eigenvalue weighted by atomic mass is 10.1. The molecular weight excluding hydrogens is 340 g/mol. The molecule has 0 saturated carbocycles. The molecule has 1 aliphatic heterocycles. The molecule has 1 N–H and O–H groups in total. The van der Waals surface area contributed by atoms with Gasteiger partial charge in [-0.3, -0.25) is 4.79 Å². The average Bonchev–Trinajstić information content (AvgIpc) is 2.98. The normalized spacial score (nSPS) is 18.6. The first kappa shape index (κ1) is 17.4. The Balaban J connectivity index is 1.54. The fourth-order valence-electron chi connectivity index (χ4n) is 2.73. The van der Waals surface area contributed by atoms with Crippen LogP contribution < -0.4 is 10.1 Å². The van der Waals surface area contributed by atoms with Crippen molar-refractivity contribution in [1.29, 1.82) is 0 Å². The summed E-state index contributed by atoms with van der Waals surface area (Å²) in [7, 11) is -2.93. The molecule has 6 nitrogen and oxygen atoms in total. The lowest BCUT2D eigenvalue weighted by Crippen LogP contribution is -2.29. The van der Waals surface area contributed by atoms with Crippen molar-refractivity contribution in [2.45, 2.75) is 13.0 Å². The molecule has 1 aromatic carbocycles. The van der Waals surface area contributed by atoms with Crippen LogP contribution in [0.15, 0.2) is 48.7 Å². The summed E-state index contributed by atoms with van der Waals surface area (Å²) in [6.45, 7) is 0.736. The zero-order chi connectivity index (χ0) is 17.7. The van der Waals surface area contributed by atoms with Gasteiger partial charge in [0.25, 0.3) is 5.91 Å². The van der Waals surface area contributed by atoms with Crippen LogP contribution in [0.25, 0.3) is 0 Å². The number of benzene rings is 1. The predicted octanol–water partition coefficient (Wildman–Crippen LogP) is 1.83. The monoisotopic (exact) mass is 360 g/mol. The number of rotatable bonds is 6. The van der Waals surface area contributed by atoms with Crippen molar-refractivity contribution in [3.8, 4) is 5.88 Å². The molecule has 1 unspecified atom stereocenters. The lowest BCUT2D eigenvalue weighted by Gasteiger charge is -2.10. The molecule has 0 aliphatic carbocycles. The summed E-state index contributed by atoms with van der Waals surface area (Å²) in [6.07, 6.45) is 2.12. The Labute approximate surface area is 147 Å². The minimum atomic E-state index is -2.93. The van der Waals surface area contributed by atoms with E-state index in [1.165, 1.54) is 6.20 Å². The van der Waals surface area contributed by atoms with Crippen LogP contribution in [0, 0.1) is 5.92 Å². The van der Waals surface area contributed by atoms with Crippen molar-refractivity contribution in [3.63, 3.8) is 0 Å². The quantitative estimate of drug-likeness (QED) is 0.849. The Morgan fingerprint density at radius 3 is 2.76 bits per heavy atom. The Kier molecular flexibility index (Phi) is 5.33. The third-order valence-electron chi connectivity index (χ3n) is 4.10. The van der Waals surface area contributed by atoms with Crippen molar-refractivity contribution in [1.82, 2.24) is 10.3 Å². The second-order valence-corrected chi connectivity index (χ2v) is 8.36. The molecule has 7 heteroatoms. The highest BCUT2D eigenvalue weighted by Crippen LogP contribution is 2.18. The van der Waals surface area contributed by atoms with Gasteiger partial charge in [-0.05, 0) is 24.0 Å². The molecular formula is C18H20N2O4S. The minimum Gasteiger partial charge on any atom is -0.473 e. The molecule has 25 heavy (non-hydrogen) atoms. The molecule has 1 aliphatic rings. The van der Waals surface area contributed by atoms with Crippen LogP contribution >= 0.6 is 0 Å². The molecule has 1 aromatic heterocycles. The fraction of sp³-hybridized carbons (Fsp3) is 0.333. The van der Waals surface area contributed by atoms with Gasteiger partial charge in [0.1, 0.15) is 6.61 Å². The summed E-state index contributed by atoms with van der Waals surface area (Å²) in [5.41, 5.74) is 1.46.